The molecule has 0 unspecified atom stereocenters. The fourth-order valence-electron chi connectivity index (χ4n) is 2.50. The molecule has 4 nitrogen and oxygen atoms in total. The summed E-state index contributed by atoms with van der Waals surface area (Å²) in [6.07, 6.45) is 1.77. The summed E-state index contributed by atoms with van der Waals surface area (Å²) in [4.78, 5) is 8.94. The Morgan fingerprint density at radius 3 is 2.65 bits per heavy atom. The number of aryl methyl sites for hydroxylation is 1. The lowest BCUT2D eigenvalue weighted by molar-refractivity contribution is 0.554. The zero-order valence-electron chi connectivity index (χ0n) is 13.3. The van der Waals surface area contributed by atoms with Crippen molar-refractivity contribution < 1.29 is 0 Å². The highest BCUT2D eigenvalue weighted by Crippen LogP contribution is 2.30. The van der Waals surface area contributed by atoms with Gasteiger partial charge in [-0.05, 0) is 29.8 Å². The SMILES string of the molecule is Cn1c(NCC(C)(C)c2ccc(Cl)c(Cl)c2)nc2cccnc21. The van der Waals surface area contributed by atoms with E-state index in [0.717, 1.165) is 22.7 Å². The highest BCUT2D eigenvalue weighted by atomic mass is 35.5. The summed E-state index contributed by atoms with van der Waals surface area (Å²) >= 11 is 12.1. The Hall–Kier alpha value is -1.78. The third-order valence-electron chi connectivity index (χ3n) is 4.02. The Kier molecular flexibility index (Phi) is 4.21. The molecule has 1 N–H and O–H groups in total. The number of benzene rings is 1. The molecule has 120 valence electrons. The van der Waals surface area contributed by atoms with Crippen molar-refractivity contribution in [1.82, 2.24) is 14.5 Å². The number of imidazole rings is 1. The van der Waals surface area contributed by atoms with Crippen LogP contribution in [0.2, 0.25) is 10.0 Å². The number of anilines is 1. The normalized spacial score (nSPS) is 11.9. The summed E-state index contributed by atoms with van der Waals surface area (Å²) in [5.41, 5.74) is 2.74. The van der Waals surface area contributed by atoms with Crippen molar-refractivity contribution in [2.75, 3.05) is 11.9 Å². The van der Waals surface area contributed by atoms with Crippen molar-refractivity contribution >= 4 is 40.3 Å². The predicted molar refractivity (Wildman–Crippen MR) is 96.5 cm³/mol. The fraction of sp³-hybridized carbons (Fsp3) is 0.294. The van der Waals surface area contributed by atoms with Crippen LogP contribution in [0.5, 0.6) is 0 Å². The number of nitrogens with zero attached hydrogens (tertiary/aromatic N) is 3. The van der Waals surface area contributed by atoms with Crippen LogP contribution in [0, 0.1) is 0 Å². The van der Waals surface area contributed by atoms with Crippen LogP contribution in [0.15, 0.2) is 36.5 Å². The smallest absolute Gasteiger partial charge is 0.204 e. The summed E-state index contributed by atoms with van der Waals surface area (Å²) in [6, 6.07) is 9.60. The van der Waals surface area contributed by atoms with Crippen molar-refractivity contribution in [2.24, 2.45) is 7.05 Å². The molecule has 0 spiro atoms. The second-order valence-electron chi connectivity index (χ2n) is 6.21. The van der Waals surface area contributed by atoms with Crippen LogP contribution < -0.4 is 5.32 Å². The van der Waals surface area contributed by atoms with Gasteiger partial charge in [0.25, 0.3) is 0 Å². The van der Waals surface area contributed by atoms with Crippen LogP contribution >= 0.6 is 23.2 Å². The Labute approximate surface area is 145 Å². The summed E-state index contributed by atoms with van der Waals surface area (Å²) in [6.45, 7) is 5.02. The number of hydrogen-bond donors (Lipinski definition) is 1. The number of aromatic nitrogens is 3. The third-order valence-corrected chi connectivity index (χ3v) is 4.76. The Balaban J connectivity index is 1.82. The second kappa shape index (κ2) is 6.02. The first kappa shape index (κ1) is 16.1. The van der Waals surface area contributed by atoms with Gasteiger partial charge in [0.2, 0.25) is 5.95 Å². The van der Waals surface area contributed by atoms with Gasteiger partial charge >= 0.3 is 0 Å². The molecule has 0 fully saturated rings. The average Bonchev–Trinajstić information content (AvgIpc) is 2.85. The van der Waals surface area contributed by atoms with E-state index in [1.165, 1.54) is 0 Å². The van der Waals surface area contributed by atoms with Crippen LogP contribution in [-0.4, -0.2) is 21.1 Å². The minimum Gasteiger partial charge on any atom is -0.355 e. The van der Waals surface area contributed by atoms with Crippen LogP contribution in [0.1, 0.15) is 19.4 Å². The largest absolute Gasteiger partial charge is 0.355 e. The van der Waals surface area contributed by atoms with Gasteiger partial charge in [-0.25, -0.2) is 9.97 Å². The van der Waals surface area contributed by atoms with Crippen LogP contribution in [0.25, 0.3) is 11.2 Å². The zero-order valence-corrected chi connectivity index (χ0v) is 14.8. The zero-order chi connectivity index (χ0) is 16.6. The number of hydrogen-bond acceptors (Lipinski definition) is 3. The van der Waals surface area contributed by atoms with E-state index in [4.69, 9.17) is 23.2 Å². The maximum Gasteiger partial charge on any atom is 0.204 e. The highest BCUT2D eigenvalue weighted by Gasteiger charge is 2.22. The second-order valence-corrected chi connectivity index (χ2v) is 7.02. The van der Waals surface area contributed by atoms with E-state index < -0.39 is 0 Å². The Bertz CT molecular complexity index is 855. The molecule has 0 aliphatic carbocycles. The van der Waals surface area contributed by atoms with Crippen LogP contribution in [0.3, 0.4) is 0 Å². The molecule has 1 aromatic carbocycles. The molecule has 0 atom stereocenters. The molecule has 0 bridgehead atoms. The van der Waals surface area contributed by atoms with Gasteiger partial charge in [-0.15, -0.1) is 0 Å². The summed E-state index contributed by atoms with van der Waals surface area (Å²) < 4.78 is 1.96. The fourth-order valence-corrected chi connectivity index (χ4v) is 2.80. The van der Waals surface area contributed by atoms with Gasteiger partial charge in [-0.1, -0.05) is 43.1 Å². The minimum atomic E-state index is -0.125. The van der Waals surface area contributed by atoms with Crippen LogP contribution in [-0.2, 0) is 12.5 Å². The molecular weight excluding hydrogens is 331 g/mol. The van der Waals surface area contributed by atoms with E-state index in [9.17, 15) is 0 Å². The average molecular weight is 349 g/mol. The Morgan fingerprint density at radius 2 is 1.96 bits per heavy atom. The summed E-state index contributed by atoms with van der Waals surface area (Å²) in [7, 11) is 1.96. The Morgan fingerprint density at radius 1 is 1.17 bits per heavy atom. The van der Waals surface area contributed by atoms with E-state index in [0.29, 0.717) is 16.6 Å². The van der Waals surface area contributed by atoms with Gasteiger partial charge in [-0.2, -0.15) is 0 Å². The van der Waals surface area contributed by atoms with E-state index in [1.54, 1.807) is 6.20 Å². The molecule has 0 aliphatic rings. The molecule has 2 aromatic heterocycles. The molecule has 3 aromatic rings. The molecule has 6 heteroatoms. The van der Waals surface area contributed by atoms with Gasteiger partial charge in [0.05, 0.1) is 10.0 Å². The van der Waals surface area contributed by atoms with E-state index in [-0.39, 0.29) is 5.41 Å². The molecule has 0 radical (unpaired) electrons. The number of pyridine rings is 1. The van der Waals surface area contributed by atoms with Crippen molar-refractivity contribution in [3.63, 3.8) is 0 Å². The maximum atomic E-state index is 6.14. The minimum absolute atomic E-state index is 0.125. The predicted octanol–water partition coefficient (Wildman–Crippen LogP) is 4.66. The number of fused-ring (bicyclic) bond motifs is 1. The van der Waals surface area contributed by atoms with Gasteiger partial charge in [0, 0.05) is 25.2 Å². The number of nitrogens with one attached hydrogen (secondary N) is 1. The van der Waals surface area contributed by atoms with Crippen molar-refractivity contribution in [3.05, 3.63) is 52.1 Å². The topological polar surface area (TPSA) is 42.7 Å². The van der Waals surface area contributed by atoms with E-state index >= 15 is 0 Å². The maximum absolute atomic E-state index is 6.14. The van der Waals surface area contributed by atoms with Crippen molar-refractivity contribution in [1.29, 1.82) is 0 Å². The molecule has 0 saturated carbocycles. The molecule has 0 amide bonds. The standard InChI is InChI=1S/C17H18Cl2N4/c1-17(2,11-6-7-12(18)13(19)9-11)10-21-16-22-14-5-4-8-20-15(14)23(16)3/h4-9H,10H2,1-3H3,(H,21,22). The molecule has 23 heavy (non-hydrogen) atoms. The number of rotatable bonds is 4. The lowest BCUT2D eigenvalue weighted by Gasteiger charge is -2.26. The van der Waals surface area contributed by atoms with E-state index in [1.807, 2.05) is 41.9 Å². The quantitative estimate of drug-likeness (QED) is 0.745. The lowest BCUT2D eigenvalue weighted by atomic mass is 9.84. The van der Waals surface area contributed by atoms with Crippen molar-refractivity contribution in [2.45, 2.75) is 19.3 Å². The van der Waals surface area contributed by atoms with Gasteiger partial charge < -0.3 is 5.32 Å². The first-order valence-corrected chi connectivity index (χ1v) is 8.11. The third kappa shape index (κ3) is 3.14. The van der Waals surface area contributed by atoms with Gasteiger partial charge in [0.1, 0.15) is 5.52 Å². The monoisotopic (exact) mass is 348 g/mol. The van der Waals surface area contributed by atoms with Crippen LogP contribution in [0.4, 0.5) is 5.95 Å². The molecule has 3 rings (SSSR count). The first-order chi connectivity index (χ1) is 10.9. The van der Waals surface area contributed by atoms with Gasteiger partial charge in [0.15, 0.2) is 5.65 Å². The molecular formula is C17H18Cl2N4. The summed E-state index contributed by atoms with van der Waals surface area (Å²) in [5.74, 6) is 0.798. The number of halogens is 2. The summed E-state index contributed by atoms with van der Waals surface area (Å²) in [5, 5.41) is 4.55. The molecule has 0 aliphatic heterocycles. The molecule has 0 saturated heterocycles. The first-order valence-electron chi connectivity index (χ1n) is 7.35. The van der Waals surface area contributed by atoms with E-state index in [2.05, 4.69) is 29.1 Å². The lowest BCUT2D eigenvalue weighted by Crippen LogP contribution is -2.28. The molecule has 2 heterocycles. The highest BCUT2D eigenvalue weighted by molar-refractivity contribution is 6.42. The van der Waals surface area contributed by atoms with Gasteiger partial charge in [-0.3, -0.25) is 4.57 Å². The van der Waals surface area contributed by atoms with Crippen molar-refractivity contribution in [3.8, 4) is 0 Å².